The standard InChI is InChI=1S/C22H34O6/c1-14(12-19-18(8-7-16(3)23)15(2)13-26-19)6-9-20(27-17(4)24)22(5)11-10-21(25)28-22/h12,16,19-20,23H,6-11,13H2,1-5H3/b14-12+/t16-,19-,20-,22+/m0/s1. The van der Waals surface area contributed by atoms with Crippen LogP contribution in [0.2, 0.25) is 0 Å². The van der Waals surface area contributed by atoms with Gasteiger partial charge in [-0.05, 0) is 64.5 Å². The van der Waals surface area contributed by atoms with Gasteiger partial charge in [0.25, 0.3) is 0 Å². The molecule has 158 valence electrons. The first-order valence-corrected chi connectivity index (χ1v) is 10.1. The molecule has 0 aromatic rings. The highest BCUT2D eigenvalue weighted by molar-refractivity contribution is 5.72. The smallest absolute Gasteiger partial charge is 0.306 e. The minimum Gasteiger partial charge on any atom is -0.458 e. The Balaban J connectivity index is 2.00. The van der Waals surface area contributed by atoms with Crippen molar-refractivity contribution < 1.29 is 28.9 Å². The van der Waals surface area contributed by atoms with E-state index in [1.54, 1.807) is 6.92 Å². The fraction of sp³-hybridized carbons (Fsp3) is 0.727. The van der Waals surface area contributed by atoms with Gasteiger partial charge in [0.1, 0.15) is 11.7 Å². The van der Waals surface area contributed by atoms with Crippen LogP contribution >= 0.6 is 0 Å². The predicted molar refractivity (Wildman–Crippen MR) is 106 cm³/mol. The van der Waals surface area contributed by atoms with Crippen LogP contribution in [0.1, 0.15) is 73.1 Å². The first-order valence-electron chi connectivity index (χ1n) is 10.1. The van der Waals surface area contributed by atoms with Crippen molar-refractivity contribution in [1.29, 1.82) is 0 Å². The van der Waals surface area contributed by atoms with Crippen molar-refractivity contribution in [2.24, 2.45) is 0 Å². The van der Waals surface area contributed by atoms with Crippen molar-refractivity contribution in [3.05, 3.63) is 22.8 Å². The second kappa shape index (κ2) is 9.70. The summed E-state index contributed by atoms with van der Waals surface area (Å²) in [5.41, 5.74) is 2.86. The van der Waals surface area contributed by atoms with Crippen LogP contribution in [0.4, 0.5) is 0 Å². The third-order valence-electron chi connectivity index (χ3n) is 5.60. The molecule has 0 unspecified atom stereocenters. The molecule has 4 atom stereocenters. The van der Waals surface area contributed by atoms with Gasteiger partial charge in [-0.15, -0.1) is 0 Å². The Kier molecular flexibility index (Phi) is 7.84. The lowest BCUT2D eigenvalue weighted by Crippen LogP contribution is -2.42. The molecule has 6 nitrogen and oxygen atoms in total. The summed E-state index contributed by atoms with van der Waals surface area (Å²) in [6.45, 7) is 9.75. The summed E-state index contributed by atoms with van der Waals surface area (Å²) in [5.74, 6) is -0.608. The van der Waals surface area contributed by atoms with Gasteiger partial charge in [-0.3, -0.25) is 9.59 Å². The molecule has 0 bridgehead atoms. The van der Waals surface area contributed by atoms with Crippen LogP contribution in [0.5, 0.6) is 0 Å². The molecule has 0 radical (unpaired) electrons. The van der Waals surface area contributed by atoms with E-state index in [9.17, 15) is 14.7 Å². The van der Waals surface area contributed by atoms with Crippen LogP contribution in [0, 0.1) is 0 Å². The van der Waals surface area contributed by atoms with Crippen LogP contribution in [0.3, 0.4) is 0 Å². The molecule has 0 spiro atoms. The number of aliphatic hydroxyl groups excluding tert-OH is 1. The van der Waals surface area contributed by atoms with Gasteiger partial charge >= 0.3 is 11.9 Å². The number of rotatable bonds is 9. The molecule has 2 aliphatic heterocycles. The van der Waals surface area contributed by atoms with Crippen LogP contribution < -0.4 is 0 Å². The predicted octanol–water partition coefficient (Wildman–Crippen LogP) is 3.62. The summed E-state index contributed by atoms with van der Waals surface area (Å²) in [7, 11) is 0. The average molecular weight is 395 g/mol. The van der Waals surface area contributed by atoms with Crippen LogP contribution in [0.15, 0.2) is 22.8 Å². The van der Waals surface area contributed by atoms with E-state index in [-0.39, 0.29) is 24.1 Å². The largest absolute Gasteiger partial charge is 0.458 e. The Morgan fingerprint density at radius 2 is 2.11 bits per heavy atom. The van der Waals surface area contributed by atoms with E-state index in [0.29, 0.717) is 32.3 Å². The molecule has 1 fully saturated rings. The number of hydrogen-bond acceptors (Lipinski definition) is 6. The van der Waals surface area contributed by atoms with Gasteiger partial charge in [-0.2, -0.15) is 0 Å². The quantitative estimate of drug-likeness (QED) is 0.475. The average Bonchev–Trinajstić information content (AvgIpc) is 3.12. The highest BCUT2D eigenvalue weighted by atomic mass is 16.6. The zero-order chi connectivity index (χ0) is 20.9. The van der Waals surface area contributed by atoms with Gasteiger partial charge in [0.2, 0.25) is 0 Å². The zero-order valence-corrected chi connectivity index (χ0v) is 17.7. The van der Waals surface area contributed by atoms with Crippen LogP contribution in [-0.4, -0.2) is 47.6 Å². The summed E-state index contributed by atoms with van der Waals surface area (Å²) in [4.78, 5) is 23.1. The Bertz CT molecular complexity index is 647. The lowest BCUT2D eigenvalue weighted by atomic mass is 9.90. The Hall–Kier alpha value is -1.66. The van der Waals surface area contributed by atoms with E-state index in [4.69, 9.17) is 14.2 Å². The van der Waals surface area contributed by atoms with Crippen molar-refractivity contribution in [1.82, 2.24) is 0 Å². The maximum Gasteiger partial charge on any atom is 0.306 e. The van der Waals surface area contributed by atoms with Gasteiger partial charge in [-0.1, -0.05) is 11.6 Å². The minimum absolute atomic E-state index is 0.0641. The summed E-state index contributed by atoms with van der Waals surface area (Å²) >= 11 is 0. The summed E-state index contributed by atoms with van der Waals surface area (Å²) in [6, 6.07) is 0. The lowest BCUT2D eigenvalue weighted by molar-refractivity contribution is -0.172. The minimum atomic E-state index is -0.758. The molecular weight excluding hydrogens is 360 g/mol. The molecule has 1 saturated heterocycles. The molecule has 2 aliphatic rings. The first-order chi connectivity index (χ1) is 13.1. The maximum absolute atomic E-state index is 11.6. The van der Waals surface area contributed by atoms with E-state index in [1.807, 2.05) is 13.8 Å². The van der Waals surface area contributed by atoms with Crippen molar-refractivity contribution in [3.63, 3.8) is 0 Å². The first kappa shape index (κ1) is 22.6. The molecule has 0 aromatic heterocycles. The van der Waals surface area contributed by atoms with Crippen LogP contribution in [0.25, 0.3) is 0 Å². The number of cyclic esters (lactones) is 1. The molecular formula is C22H34O6. The number of carbonyl (C=O) groups is 2. The third-order valence-corrected chi connectivity index (χ3v) is 5.60. The molecule has 0 amide bonds. The number of hydrogen-bond donors (Lipinski definition) is 1. The monoisotopic (exact) mass is 394 g/mol. The second-order valence-corrected chi connectivity index (χ2v) is 8.36. The Morgan fingerprint density at radius 3 is 2.68 bits per heavy atom. The van der Waals surface area contributed by atoms with Crippen molar-refractivity contribution in [2.75, 3.05) is 6.61 Å². The van der Waals surface area contributed by atoms with E-state index in [2.05, 4.69) is 13.0 Å². The Morgan fingerprint density at radius 1 is 1.39 bits per heavy atom. The highest BCUT2D eigenvalue weighted by Crippen LogP contribution is 2.34. The second-order valence-electron chi connectivity index (χ2n) is 8.36. The fourth-order valence-electron chi connectivity index (χ4n) is 3.85. The topological polar surface area (TPSA) is 82.1 Å². The van der Waals surface area contributed by atoms with Gasteiger partial charge in [-0.25, -0.2) is 0 Å². The third kappa shape index (κ3) is 6.17. The van der Waals surface area contributed by atoms with Crippen molar-refractivity contribution >= 4 is 11.9 Å². The van der Waals surface area contributed by atoms with E-state index in [1.165, 1.54) is 18.1 Å². The fourth-order valence-corrected chi connectivity index (χ4v) is 3.85. The molecule has 1 N–H and O–H groups in total. The highest BCUT2D eigenvalue weighted by Gasteiger charge is 2.44. The number of esters is 2. The van der Waals surface area contributed by atoms with E-state index < -0.39 is 11.7 Å². The van der Waals surface area contributed by atoms with Gasteiger partial charge in [0, 0.05) is 19.8 Å². The van der Waals surface area contributed by atoms with Crippen molar-refractivity contribution in [2.45, 2.75) is 97.1 Å². The molecule has 0 aliphatic carbocycles. The number of carbonyl (C=O) groups excluding carboxylic acids is 2. The Labute approximate surface area is 167 Å². The van der Waals surface area contributed by atoms with Crippen LogP contribution in [-0.2, 0) is 23.8 Å². The summed E-state index contributed by atoms with van der Waals surface area (Å²) < 4.78 is 16.9. The molecule has 0 saturated carbocycles. The molecule has 2 rings (SSSR count). The summed E-state index contributed by atoms with van der Waals surface area (Å²) in [6.07, 6.45) is 5.02. The van der Waals surface area contributed by atoms with Gasteiger partial charge < -0.3 is 19.3 Å². The van der Waals surface area contributed by atoms with Gasteiger partial charge in [0.05, 0.1) is 18.8 Å². The van der Waals surface area contributed by atoms with Gasteiger partial charge in [0.15, 0.2) is 0 Å². The van der Waals surface area contributed by atoms with Crippen molar-refractivity contribution in [3.8, 4) is 0 Å². The lowest BCUT2D eigenvalue weighted by Gasteiger charge is -2.32. The van der Waals surface area contributed by atoms with E-state index in [0.717, 1.165) is 18.4 Å². The molecule has 0 aromatic carbocycles. The number of ether oxygens (including phenoxy) is 3. The molecule has 28 heavy (non-hydrogen) atoms. The SMILES string of the molecule is CC(=O)O[C@@H](CC/C(C)=C/[C@@H]1OCC(C)=C1CC[C@H](C)O)[C@@]1(C)CCC(=O)O1. The normalized spacial score (nSPS) is 27.7. The molecule has 2 heterocycles. The number of aliphatic hydroxyl groups is 1. The zero-order valence-electron chi connectivity index (χ0n) is 17.7. The summed E-state index contributed by atoms with van der Waals surface area (Å²) in [5, 5.41) is 9.58. The number of allylic oxidation sites excluding steroid dienone is 1. The maximum atomic E-state index is 11.6. The molecule has 6 heteroatoms. The van der Waals surface area contributed by atoms with E-state index >= 15 is 0 Å².